The van der Waals surface area contributed by atoms with Crippen LogP contribution in [-0.2, 0) is 6.54 Å². The molecule has 1 amide bonds. The van der Waals surface area contributed by atoms with Gasteiger partial charge in [-0.2, -0.15) is 5.10 Å². The lowest BCUT2D eigenvalue weighted by Crippen LogP contribution is -2.13. The van der Waals surface area contributed by atoms with Gasteiger partial charge in [-0.05, 0) is 44.2 Å². The highest BCUT2D eigenvalue weighted by Gasteiger charge is 2.16. The van der Waals surface area contributed by atoms with E-state index < -0.39 is 5.91 Å². The minimum atomic E-state index is -0.397. The Morgan fingerprint density at radius 1 is 1.30 bits per heavy atom. The molecule has 0 fully saturated rings. The highest BCUT2D eigenvalue weighted by molar-refractivity contribution is 6.30. The summed E-state index contributed by atoms with van der Waals surface area (Å²) in [5.74, 6) is -0.0983. The highest BCUT2D eigenvalue weighted by atomic mass is 35.5. The van der Waals surface area contributed by atoms with Gasteiger partial charge < -0.3 is 4.42 Å². The summed E-state index contributed by atoms with van der Waals surface area (Å²) in [5, 5.41) is 15.1. The predicted octanol–water partition coefficient (Wildman–Crippen LogP) is 3.17. The summed E-state index contributed by atoms with van der Waals surface area (Å²) in [7, 11) is 0. The molecule has 118 valence electrons. The van der Waals surface area contributed by atoms with E-state index in [-0.39, 0.29) is 6.01 Å². The summed E-state index contributed by atoms with van der Waals surface area (Å²) in [5.41, 5.74) is 1.93. The maximum atomic E-state index is 12.2. The molecule has 1 aromatic carbocycles. The van der Waals surface area contributed by atoms with Crippen LogP contribution in [0.1, 0.15) is 23.1 Å². The average molecular weight is 332 g/mol. The topological polar surface area (TPSA) is 85.8 Å². The standard InChI is InChI=1S/C15H14ClN5O2/c1-3-21-9(2)8-12(20-21)13(22)17-15-19-18-14(23-15)10-4-6-11(16)7-5-10/h4-8H,3H2,1-2H3,(H,17,19,22). The zero-order valence-electron chi connectivity index (χ0n) is 12.6. The van der Waals surface area contributed by atoms with Crippen molar-refractivity contribution >= 4 is 23.5 Å². The Bertz CT molecular complexity index is 838. The van der Waals surface area contributed by atoms with Gasteiger partial charge in [0.1, 0.15) is 0 Å². The molecule has 3 rings (SSSR count). The molecule has 0 saturated heterocycles. The number of amides is 1. The summed E-state index contributed by atoms with van der Waals surface area (Å²) in [4.78, 5) is 12.2. The minimum Gasteiger partial charge on any atom is -0.403 e. The molecule has 7 nitrogen and oxygen atoms in total. The van der Waals surface area contributed by atoms with Gasteiger partial charge in [-0.1, -0.05) is 16.7 Å². The van der Waals surface area contributed by atoms with E-state index in [1.54, 1.807) is 35.0 Å². The summed E-state index contributed by atoms with van der Waals surface area (Å²) < 4.78 is 7.17. The van der Waals surface area contributed by atoms with Crippen molar-refractivity contribution in [1.29, 1.82) is 0 Å². The van der Waals surface area contributed by atoms with Crippen molar-refractivity contribution < 1.29 is 9.21 Å². The van der Waals surface area contributed by atoms with E-state index in [1.807, 2.05) is 13.8 Å². The van der Waals surface area contributed by atoms with Crippen molar-refractivity contribution in [1.82, 2.24) is 20.0 Å². The lowest BCUT2D eigenvalue weighted by atomic mass is 10.2. The Labute approximate surface area is 137 Å². The summed E-state index contributed by atoms with van der Waals surface area (Å²) in [6.45, 7) is 4.54. The Balaban J connectivity index is 1.75. The molecule has 23 heavy (non-hydrogen) atoms. The number of aromatic nitrogens is 4. The number of hydrogen-bond acceptors (Lipinski definition) is 5. The van der Waals surface area contributed by atoms with E-state index in [9.17, 15) is 4.79 Å². The molecule has 0 saturated carbocycles. The Kier molecular flexibility index (Phi) is 4.12. The van der Waals surface area contributed by atoms with Crippen LogP contribution in [0.15, 0.2) is 34.7 Å². The number of aryl methyl sites for hydroxylation is 2. The largest absolute Gasteiger partial charge is 0.403 e. The number of carbonyl (C=O) groups is 1. The summed E-state index contributed by atoms with van der Waals surface area (Å²) >= 11 is 5.84. The normalized spacial score (nSPS) is 10.7. The maximum absolute atomic E-state index is 12.2. The van der Waals surface area contributed by atoms with Crippen molar-refractivity contribution in [2.45, 2.75) is 20.4 Å². The van der Waals surface area contributed by atoms with Crippen LogP contribution in [0.3, 0.4) is 0 Å². The molecule has 0 aliphatic heterocycles. The van der Waals surface area contributed by atoms with Gasteiger partial charge in [0.25, 0.3) is 5.91 Å². The molecule has 0 spiro atoms. The van der Waals surface area contributed by atoms with E-state index in [4.69, 9.17) is 16.0 Å². The molecule has 2 heterocycles. The molecule has 0 radical (unpaired) electrons. The van der Waals surface area contributed by atoms with E-state index >= 15 is 0 Å². The Morgan fingerprint density at radius 3 is 2.70 bits per heavy atom. The van der Waals surface area contributed by atoms with Gasteiger partial charge in [-0.3, -0.25) is 14.8 Å². The Morgan fingerprint density at radius 2 is 2.04 bits per heavy atom. The van der Waals surface area contributed by atoms with Gasteiger partial charge in [0.05, 0.1) is 0 Å². The van der Waals surface area contributed by atoms with Crippen LogP contribution < -0.4 is 5.32 Å². The lowest BCUT2D eigenvalue weighted by Gasteiger charge is -1.97. The number of halogens is 1. The molecular formula is C15H14ClN5O2. The molecular weight excluding hydrogens is 318 g/mol. The fraction of sp³-hybridized carbons (Fsp3) is 0.200. The van der Waals surface area contributed by atoms with Crippen molar-refractivity contribution in [3.05, 3.63) is 46.7 Å². The molecule has 2 aromatic heterocycles. The number of hydrogen-bond donors (Lipinski definition) is 1. The Hall–Kier alpha value is -2.67. The third-order valence-electron chi connectivity index (χ3n) is 3.25. The lowest BCUT2D eigenvalue weighted by molar-refractivity contribution is 0.101. The van der Waals surface area contributed by atoms with Crippen molar-refractivity contribution in [2.24, 2.45) is 0 Å². The number of anilines is 1. The van der Waals surface area contributed by atoms with E-state index in [0.717, 1.165) is 5.69 Å². The van der Waals surface area contributed by atoms with Crippen LogP contribution in [0.25, 0.3) is 11.5 Å². The van der Waals surface area contributed by atoms with Crippen molar-refractivity contribution in [3.8, 4) is 11.5 Å². The van der Waals surface area contributed by atoms with Gasteiger partial charge in [0, 0.05) is 22.8 Å². The third kappa shape index (κ3) is 3.24. The zero-order chi connectivity index (χ0) is 16.4. The molecule has 0 aliphatic carbocycles. The fourth-order valence-corrected chi connectivity index (χ4v) is 2.21. The second-order valence-corrected chi connectivity index (χ2v) is 5.30. The van der Waals surface area contributed by atoms with Crippen LogP contribution >= 0.6 is 11.6 Å². The molecule has 0 unspecified atom stereocenters. The first kappa shape index (κ1) is 15.2. The van der Waals surface area contributed by atoms with Crippen molar-refractivity contribution in [3.63, 3.8) is 0 Å². The third-order valence-corrected chi connectivity index (χ3v) is 3.50. The van der Waals surface area contributed by atoms with Crippen LogP contribution in [0.4, 0.5) is 6.01 Å². The van der Waals surface area contributed by atoms with E-state index in [1.165, 1.54) is 0 Å². The monoisotopic (exact) mass is 331 g/mol. The first-order valence-electron chi connectivity index (χ1n) is 7.02. The van der Waals surface area contributed by atoms with Crippen LogP contribution in [0.2, 0.25) is 5.02 Å². The number of benzene rings is 1. The number of nitrogens with one attached hydrogen (secondary N) is 1. The van der Waals surface area contributed by atoms with Gasteiger partial charge in [-0.25, -0.2) is 0 Å². The maximum Gasteiger partial charge on any atom is 0.322 e. The molecule has 0 aliphatic rings. The number of carbonyl (C=O) groups excluding carboxylic acids is 1. The van der Waals surface area contributed by atoms with Crippen LogP contribution in [0.5, 0.6) is 0 Å². The van der Waals surface area contributed by atoms with E-state index in [0.29, 0.717) is 28.7 Å². The highest BCUT2D eigenvalue weighted by Crippen LogP contribution is 2.21. The smallest absolute Gasteiger partial charge is 0.322 e. The quantitative estimate of drug-likeness (QED) is 0.793. The van der Waals surface area contributed by atoms with Crippen LogP contribution in [-0.4, -0.2) is 25.9 Å². The first-order chi connectivity index (χ1) is 11.1. The average Bonchev–Trinajstić information content (AvgIpc) is 3.14. The summed E-state index contributed by atoms with van der Waals surface area (Å²) in [6, 6.07) is 8.68. The molecule has 3 aromatic rings. The van der Waals surface area contributed by atoms with E-state index in [2.05, 4.69) is 20.6 Å². The number of nitrogens with zero attached hydrogens (tertiary/aromatic N) is 4. The van der Waals surface area contributed by atoms with Crippen LogP contribution in [0, 0.1) is 6.92 Å². The molecule has 1 N–H and O–H groups in total. The molecule has 8 heteroatoms. The molecule has 0 bridgehead atoms. The SMILES string of the molecule is CCn1nc(C(=O)Nc2nnc(-c3ccc(Cl)cc3)o2)cc1C. The van der Waals surface area contributed by atoms with Gasteiger partial charge >= 0.3 is 6.01 Å². The zero-order valence-corrected chi connectivity index (χ0v) is 13.3. The second kappa shape index (κ2) is 6.21. The van der Waals surface area contributed by atoms with Gasteiger partial charge in [-0.15, -0.1) is 5.10 Å². The van der Waals surface area contributed by atoms with Crippen molar-refractivity contribution in [2.75, 3.05) is 5.32 Å². The van der Waals surface area contributed by atoms with Gasteiger partial charge in [0.15, 0.2) is 5.69 Å². The minimum absolute atomic E-state index is 0.0173. The number of rotatable bonds is 4. The summed E-state index contributed by atoms with van der Waals surface area (Å²) in [6.07, 6.45) is 0. The molecule has 0 atom stereocenters. The van der Waals surface area contributed by atoms with Gasteiger partial charge in [0.2, 0.25) is 5.89 Å². The first-order valence-corrected chi connectivity index (χ1v) is 7.40. The second-order valence-electron chi connectivity index (χ2n) is 4.86. The fourth-order valence-electron chi connectivity index (χ4n) is 2.09. The predicted molar refractivity (Wildman–Crippen MR) is 85.3 cm³/mol.